The van der Waals surface area contributed by atoms with Gasteiger partial charge in [-0.25, -0.2) is 0 Å². The highest BCUT2D eigenvalue weighted by atomic mass is 16.5. The van der Waals surface area contributed by atoms with E-state index in [1.165, 1.54) is 48.8 Å². The maximum Gasteiger partial charge on any atom is 0.133 e. The number of rotatable bonds is 12. The van der Waals surface area contributed by atoms with Crippen molar-refractivity contribution < 1.29 is 9.53 Å². The molecule has 1 aliphatic rings. The van der Waals surface area contributed by atoms with E-state index in [0.29, 0.717) is 31.1 Å². The minimum atomic E-state index is 0.101. The summed E-state index contributed by atoms with van der Waals surface area (Å²) in [4.78, 5) is 12.5. The largest absolute Gasteiger partial charge is 0.489 e. The van der Waals surface area contributed by atoms with Gasteiger partial charge < -0.3 is 4.74 Å². The van der Waals surface area contributed by atoms with Crippen LogP contribution in [0.15, 0.2) is 73.8 Å². The van der Waals surface area contributed by atoms with Gasteiger partial charge in [-0.15, -0.1) is 13.2 Å². The Balaban J connectivity index is 0.00000222. The molecule has 0 aromatic heterocycles. The minimum absolute atomic E-state index is 0.101. The second kappa shape index (κ2) is 15.5. The van der Waals surface area contributed by atoms with Gasteiger partial charge in [-0.1, -0.05) is 101 Å². The molecule has 0 bridgehead atoms. The Morgan fingerprint density at radius 3 is 2.50 bits per heavy atom. The van der Waals surface area contributed by atoms with Crippen LogP contribution in [0.1, 0.15) is 108 Å². The molecule has 0 spiro atoms. The smallest absolute Gasteiger partial charge is 0.133 e. The van der Waals surface area contributed by atoms with Gasteiger partial charge in [0.05, 0.1) is 0 Å². The van der Waals surface area contributed by atoms with Gasteiger partial charge >= 0.3 is 0 Å². The topological polar surface area (TPSA) is 26.3 Å². The fraction of sp³-hybridized carbons (Fsp3) is 0.500. The Morgan fingerprint density at radius 2 is 1.81 bits per heavy atom. The Kier molecular flexibility index (Phi) is 12.7. The molecule has 2 nitrogen and oxygen atoms in total. The Hall–Kier alpha value is -2.61. The summed E-state index contributed by atoms with van der Waals surface area (Å²) in [5, 5.41) is 0. The third kappa shape index (κ3) is 8.80. The maximum absolute atomic E-state index is 12.5. The second-order valence-electron chi connectivity index (χ2n) is 10.7. The van der Waals surface area contributed by atoms with Crippen molar-refractivity contribution in [2.45, 2.75) is 103 Å². The number of Topliss-reactive ketones (excluding diaryl/α,β-unsaturated/α-hetero) is 1. The van der Waals surface area contributed by atoms with Crippen LogP contribution in [-0.4, -0.2) is 5.78 Å². The van der Waals surface area contributed by atoms with Gasteiger partial charge in [0.15, 0.2) is 0 Å². The average Bonchev–Trinajstić information content (AvgIpc) is 2.91. The van der Waals surface area contributed by atoms with E-state index in [0.717, 1.165) is 18.6 Å². The first-order valence-corrected chi connectivity index (χ1v) is 13.9. The van der Waals surface area contributed by atoms with Gasteiger partial charge in [0, 0.05) is 12.8 Å². The highest BCUT2D eigenvalue weighted by molar-refractivity contribution is 5.80. The molecule has 3 rings (SSSR count). The molecule has 0 N–H and O–H groups in total. The van der Waals surface area contributed by atoms with E-state index in [1.54, 1.807) is 0 Å². The summed E-state index contributed by atoms with van der Waals surface area (Å²) in [7, 11) is 0. The first-order chi connectivity index (χ1) is 17.4. The van der Waals surface area contributed by atoms with Gasteiger partial charge in [-0.3, -0.25) is 4.79 Å². The number of ketones is 1. The Morgan fingerprint density at radius 1 is 1.06 bits per heavy atom. The fourth-order valence-corrected chi connectivity index (χ4v) is 5.28. The SMILES string of the molecule is C=C.CC=CC[C@@H]1CCC(=O)C[C@H]1c1ccc(C(C)(C)CCCCCC)cc1OCc1ccccc1. The molecule has 1 aliphatic carbocycles. The number of unbranched alkanes of at least 4 members (excludes halogenated alkanes) is 3. The van der Waals surface area contributed by atoms with Crippen LogP contribution in [0.3, 0.4) is 0 Å². The average molecular weight is 489 g/mol. The molecular weight excluding hydrogens is 440 g/mol. The van der Waals surface area contributed by atoms with E-state index in [1.807, 2.05) is 6.07 Å². The van der Waals surface area contributed by atoms with Gasteiger partial charge in [0.1, 0.15) is 18.1 Å². The zero-order valence-corrected chi connectivity index (χ0v) is 23.2. The summed E-state index contributed by atoms with van der Waals surface area (Å²) in [5.41, 5.74) is 3.82. The molecule has 2 heteroatoms. The van der Waals surface area contributed by atoms with Gasteiger partial charge in [-0.05, 0) is 66.2 Å². The standard InChI is InChI=1S/C32H44O2.C2H4/c1-5-7-9-13-21-32(3,4)27-18-20-29(30-23-28(33)19-17-26(30)16-8-6-2)31(22-27)34-24-25-14-11-10-12-15-25;1-2/h6,8,10-12,14-15,18,20,22,26,30H,5,7,9,13,16-17,19,21,23-24H2,1-4H3;1-2H2/t26-,30-;/m1./s1. The lowest BCUT2D eigenvalue weighted by atomic mass is 9.72. The lowest BCUT2D eigenvalue weighted by Crippen LogP contribution is -2.24. The third-order valence-electron chi connectivity index (χ3n) is 7.57. The van der Waals surface area contributed by atoms with Crippen molar-refractivity contribution in [2.75, 3.05) is 0 Å². The summed E-state index contributed by atoms with van der Waals surface area (Å²) >= 11 is 0. The molecule has 2 aromatic rings. The molecule has 36 heavy (non-hydrogen) atoms. The molecule has 0 saturated heterocycles. The molecule has 2 aromatic carbocycles. The Labute approximate surface area is 220 Å². The van der Waals surface area contributed by atoms with Crippen LogP contribution in [0.2, 0.25) is 0 Å². The molecule has 2 atom stereocenters. The fourth-order valence-electron chi connectivity index (χ4n) is 5.28. The van der Waals surface area contributed by atoms with E-state index < -0.39 is 0 Å². The molecule has 0 radical (unpaired) electrons. The maximum atomic E-state index is 12.5. The van der Waals surface area contributed by atoms with E-state index in [2.05, 4.69) is 95.5 Å². The zero-order chi connectivity index (χ0) is 26.4. The van der Waals surface area contributed by atoms with Crippen LogP contribution in [0.5, 0.6) is 5.75 Å². The number of carbonyl (C=O) groups is 1. The van der Waals surface area contributed by atoms with Crippen LogP contribution in [-0.2, 0) is 16.8 Å². The summed E-state index contributed by atoms with van der Waals surface area (Å²) in [6, 6.07) is 17.2. The number of hydrogen-bond donors (Lipinski definition) is 0. The van der Waals surface area contributed by atoms with E-state index in [9.17, 15) is 4.79 Å². The second-order valence-corrected chi connectivity index (χ2v) is 10.7. The summed E-state index contributed by atoms with van der Waals surface area (Å²) in [5.74, 6) is 2.06. The van der Waals surface area contributed by atoms with Crippen molar-refractivity contribution in [1.82, 2.24) is 0 Å². The van der Waals surface area contributed by atoms with Gasteiger partial charge in [0.2, 0.25) is 0 Å². The van der Waals surface area contributed by atoms with Crippen LogP contribution in [0.25, 0.3) is 0 Å². The molecule has 0 unspecified atom stereocenters. The first-order valence-electron chi connectivity index (χ1n) is 13.9. The van der Waals surface area contributed by atoms with E-state index in [-0.39, 0.29) is 11.3 Å². The minimum Gasteiger partial charge on any atom is -0.489 e. The van der Waals surface area contributed by atoms with Crippen LogP contribution < -0.4 is 4.74 Å². The van der Waals surface area contributed by atoms with E-state index in [4.69, 9.17) is 4.74 Å². The molecule has 0 heterocycles. The normalized spacial score (nSPS) is 18.1. The number of ether oxygens (including phenoxy) is 1. The van der Waals surface area contributed by atoms with Crippen molar-refractivity contribution in [1.29, 1.82) is 0 Å². The number of hydrogen-bond acceptors (Lipinski definition) is 2. The molecule has 1 fully saturated rings. The monoisotopic (exact) mass is 488 g/mol. The molecule has 196 valence electrons. The zero-order valence-electron chi connectivity index (χ0n) is 23.2. The van der Waals surface area contributed by atoms with Crippen molar-refractivity contribution in [2.24, 2.45) is 5.92 Å². The lowest BCUT2D eigenvalue weighted by Gasteiger charge is -2.33. The molecule has 0 amide bonds. The van der Waals surface area contributed by atoms with Crippen molar-refractivity contribution in [3.8, 4) is 5.75 Å². The first kappa shape index (κ1) is 29.6. The highest BCUT2D eigenvalue weighted by Gasteiger charge is 2.32. The lowest BCUT2D eigenvalue weighted by molar-refractivity contribution is -0.121. The predicted molar refractivity (Wildman–Crippen MR) is 155 cm³/mol. The van der Waals surface area contributed by atoms with Crippen molar-refractivity contribution in [3.63, 3.8) is 0 Å². The number of allylic oxidation sites excluding steroid dienone is 2. The van der Waals surface area contributed by atoms with Crippen LogP contribution >= 0.6 is 0 Å². The summed E-state index contributed by atoms with van der Waals surface area (Å²) < 4.78 is 6.51. The van der Waals surface area contributed by atoms with Crippen LogP contribution in [0, 0.1) is 5.92 Å². The number of benzene rings is 2. The predicted octanol–water partition coefficient (Wildman–Crippen LogP) is 9.73. The number of carbonyl (C=O) groups excluding carboxylic acids is 1. The molecule has 1 saturated carbocycles. The van der Waals surface area contributed by atoms with Gasteiger partial charge in [0.25, 0.3) is 0 Å². The molecule has 0 aliphatic heterocycles. The summed E-state index contributed by atoms with van der Waals surface area (Å²) in [6.07, 6.45) is 14.0. The molecular formula is C34H48O2. The third-order valence-corrected chi connectivity index (χ3v) is 7.57. The van der Waals surface area contributed by atoms with E-state index >= 15 is 0 Å². The van der Waals surface area contributed by atoms with Gasteiger partial charge in [-0.2, -0.15) is 0 Å². The summed E-state index contributed by atoms with van der Waals surface area (Å²) in [6.45, 7) is 15.6. The highest BCUT2D eigenvalue weighted by Crippen LogP contribution is 2.44. The van der Waals surface area contributed by atoms with Crippen molar-refractivity contribution in [3.05, 3.63) is 90.5 Å². The van der Waals surface area contributed by atoms with Crippen LogP contribution in [0.4, 0.5) is 0 Å². The Bertz CT molecular complexity index is 941. The van der Waals surface area contributed by atoms with Crippen molar-refractivity contribution >= 4 is 5.78 Å². The quantitative estimate of drug-likeness (QED) is 0.219.